The zero-order valence-corrected chi connectivity index (χ0v) is 21.1. The van der Waals surface area contributed by atoms with Crippen molar-refractivity contribution in [3.05, 3.63) is 46.8 Å². The Morgan fingerprint density at radius 2 is 2.03 bits per heavy atom. The van der Waals surface area contributed by atoms with Gasteiger partial charge in [-0.05, 0) is 55.0 Å². The van der Waals surface area contributed by atoms with E-state index in [4.69, 9.17) is 9.47 Å². The molecule has 0 atom stereocenters. The minimum atomic E-state index is -0.392. The predicted octanol–water partition coefficient (Wildman–Crippen LogP) is 4.13. The van der Waals surface area contributed by atoms with E-state index >= 15 is 0 Å². The van der Waals surface area contributed by atoms with Gasteiger partial charge in [0.05, 0.1) is 23.4 Å². The number of fused-ring (bicyclic) bond motifs is 10. The van der Waals surface area contributed by atoms with Gasteiger partial charge < -0.3 is 19.4 Å². The lowest BCUT2D eigenvalue weighted by molar-refractivity contribution is -0.145. The van der Waals surface area contributed by atoms with Crippen molar-refractivity contribution in [2.75, 3.05) is 13.2 Å². The van der Waals surface area contributed by atoms with Crippen LogP contribution in [-0.2, 0) is 42.5 Å². The van der Waals surface area contributed by atoms with Crippen LogP contribution in [0.4, 0.5) is 0 Å². The Bertz CT molecular complexity index is 1560. The van der Waals surface area contributed by atoms with Crippen molar-refractivity contribution in [3.8, 4) is 16.9 Å². The largest absolute Gasteiger partial charge is 0.482 e. The Morgan fingerprint density at radius 3 is 2.81 bits per heavy atom. The molecule has 4 aromatic rings. The standard InChI is InChI=1S/C28H30N4O4/c1-5-35-23(33)14-36-16-6-9-22-18(10-16)25-19-11-29-28(34)26(19)24-17(27(25)32(22)12-15(2)3)7-8-21-20(24)13-31(4)30-21/h6,9-10,13,15H,5,7-8,11-12,14H2,1-4H3,(H,29,34). The summed E-state index contributed by atoms with van der Waals surface area (Å²) >= 11 is 0. The highest BCUT2D eigenvalue weighted by Gasteiger charge is 2.35. The molecule has 0 bridgehead atoms. The Balaban J connectivity index is 1.65. The molecule has 6 rings (SSSR count). The van der Waals surface area contributed by atoms with Gasteiger partial charge in [0, 0.05) is 53.8 Å². The van der Waals surface area contributed by atoms with E-state index in [-0.39, 0.29) is 12.5 Å². The summed E-state index contributed by atoms with van der Waals surface area (Å²) in [6, 6.07) is 5.98. The highest BCUT2D eigenvalue weighted by Crippen LogP contribution is 2.47. The molecule has 2 aromatic heterocycles. The average molecular weight is 487 g/mol. The van der Waals surface area contributed by atoms with Crippen LogP contribution >= 0.6 is 0 Å². The van der Waals surface area contributed by atoms with Gasteiger partial charge in [0.15, 0.2) is 6.61 Å². The molecule has 0 saturated carbocycles. The van der Waals surface area contributed by atoms with E-state index in [0.717, 1.165) is 63.6 Å². The summed E-state index contributed by atoms with van der Waals surface area (Å²) in [5.74, 6) is 0.624. The van der Waals surface area contributed by atoms with Crippen LogP contribution in [0.1, 0.15) is 48.0 Å². The zero-order chi connectivity index (χ0) is 25.1. The molecule has 8 nitrogen and oxygen atoms in total. The molecular formula is C28H30N4O4. The van der Waals surface area contributed by atoms with Crippen LogP contribution in [0.25, 0.3) is 32.9 Å². The SMILES string of the molecule is CCOC(=O)COc1ccc2c(c1)c1c3c(c4c(c1n2CC(C)C)CCc1nn(C)cc1-4)C(=O)NC3. The number of esters is 1. The highest BCUT2D eigenvalue weighted by molar-refractivity contribution is 6.19. The van der Waals surface area contributed by atoms with E-state index in [1.54, 1.807) is 6.92 Å². The predicted molar refractivity (Wildman–Crippen MR) is 137 cm³/mol. The summed E-state index contributed by atoms with van der Waals surface area (Å²) in [5, 5.41) is 9.90. The first-order chi connectivity index (χ1) is 17.4. The molecule has 186 valence electrons. The highest BCUT2D eigenvalue weighted by atomic mass is 16.6. The number of carbonyl (C=O) groups is 2. The fraction of sp³-hybridized carbons (Fsp3) is 0.393. The Kier molecular flexibility index (Phi) is 5.28. The van der Waals surface area contributed by atoms with Gasteiger partial charge in [-0.3, -0.25) is 9.48 Å². The van der Waals surface area contributed by atoms with Gasteiger partial charge in [-0.2, -0.15) is 5.10 Å². The molecule has 1 aliphatic carbocycles. The summed E-state index contributed by atoms with van der Waals surface area (Å²) in [6.45, 7) is 7.75. The maximum Gasteiger partial charge on any atom is 0.344 e. The number of amides is 1. The number of benzene rings is 2. The fourth-order valence-corrected chi connectivity index (χ4v) is 5.88. The first-order valence-corrected chi connectivity index (χ1v) is 12.6. The molecule has 0 radical (unpaired) electrons. The molecule has 8 heteroatoms. The lowest BCUT2D eigenvalue weighted by Crippen LogP contribution is -2.15. The van der Waals surface area contributed by atoms with Crippen LogP contribution in [0.15, 0.2) is 24.4 Å². The van der Waals surface area contributed by atoms with Crippen molar-refractivity contribution in [2.24, 2.45) is 13.0 Å². The lowest BCUT2D eigenvalue weighted by Gasteiger charge is -2.22. The Hall–Kier alpha value is -3.81. The molecule has 1 aliphatic heterocycles. The van der Waals surface area contributed by atoms with E-state index in [0.29, 0.717) is 24.8 Å². The molecular weight excluding hydrogens is 456 g/mol. The van der Waals surface area contributed by atoms with Gasteiger partial charge in [0.1, 0.15) is 5.75 Å². The third-order valence-corrected chi connectivity index (χ3v) is 7.12. The van der Waals surface area contributed by atoms with Crippen LogP contribution in [0.3, 0.4) is 0 Å². The number of carbonyl (C=O) groups excluding carboxylic acids is 2. The van der Waals surface area contributed by atoms with Crippen LogP contribution < -0.4 is 10.1 Å². The second kappa shape index (κ2) is 8.40. The average Bonchev–Trinajstić information content (AvgIpc) is 3.50. The van der Waals surface area contributed by atoms with Gasteiger partial charge in [-0.15, -0.1) is 0 Å². The molecule has 36 heavy (non-hydrogen) atoms. The minimum Gasteiger partial charge on any atom is -0.482 e. The number of hydrogen-bond acceptors (Lipinski definition) is 5. The molecule has 1 amide bonds. The molecule has 1 N–H and O–H groups in total. The van der Waals surface area contributed by atoms with E-state index in [9.17, 15) is 9.59 Å². The van der Waals surface area contributed by atoms with Crippen LogP contribution in [0.2, 0.25) is 0 Å². The third kappa shape index (κ3) is 3.38. The number of aromatic nitrogens is 3. The van der Waals surface area contributed by atoms with E-state index in [2.05, 4.69) is 34.9 Å². The van der Waals surface area contributed by atoms with Crippen molar-refractivity contribution in [1.29, 1.82) is 0 Å². The van der Waals surface area contributed by atoms with Gasteiger partial charge in [-0.25, -0.2) is 4.79 Å². The van der Waals surface area contributed by atoms with Crippen molar-refractivity contribution >= 4 is 33.7 Å². The van der Waals surface area contributed by atoms with Crippen LogP contribution in [-0.4, -0.2) is 39.4 Å². The lowest BCUT2D eigenvalue weighted by atomic mass is 9.82. The monoisotopic (exact) mass is 486 g/mol. The molecule has 0 spiro atoms. The van der Waals surface area contributed by atoms with Gasteiger partial charge in [0.2, 0.25) is 0 Å². The van der Waals surface area contributed by atoms with Gasteiger partial charge >= 0.3 is 5.97 Å². The summed E-state index contributed by atoms with van der Waals surface area (Å²) in [4.78, 5) is 25.1. The topological polar surface area (TPSA) is 87.4 Å². The smallest absolute Gasteiger partial charge is 0.344 e. The molecule has 2 aromatic carbocycles. The van der Waals surface area contributed by atoms with Crippen LogP contribution in [0, 0.1) is 5.92 Å². The Labute approximate surface area is 209 Å². The Morgan fingerprint density at radius 1 is 1.19 bits per heavy atom. The molecule has 2 aliphatic rings. The summed E-state index contributed by atoms with van der Waals surface area (Å²) in [5.41, 5.74) is 8.46. The molecule has 3 heterocycles. The molecule has 0 saturated heterocycles. The van der Waals surface area contributed by atoms with Crippen molar-refractivity contribution in [1.82, 2.24) is 19.7 Å². The van der Waals surface area contributed by atoms with Crippen molar-refractivity contribution in [3.63, 3.8) is 0 Å². The van der Waals surface area contributed by atoms with Crippen molar-refractivity contribution < 1.29 is 19.1 Å². The molecule has 0 fully saturated rings. The minimum absolute atomic E-state index is 0.0284. The number of aryl methyl sites for hydroxylation is 3. The number of hydrogen-bond donors (Lipinski definition) is 1. The molecule has 0 unspecified atom stereocenters. The second-order valence-electron chi connectivity index (χ2n) is 10.1. The fourth-order valence-electron chi connectivity index (χ4n) is 5.88. The maximum atomic E-state index is 13.2. The second-order valence-corrected chi connectivity index (χ2v) is 10.1. The first-order valence-electron chi connectivity index (χ1n) is 12.6. The third-order valence-electron chi connectivity index (χ3n) is 7.12. The van der Waals surface area contributed by atoms with Crippen LogP contribution in [0.5, 0.6) is 5.75 Å². The van der Waals surface area contributed by atoms with Gasteiger partial charge in [0.25, 0.3) is 5.91 Å². The zero-order valence-electron chi connectivity index (χ0n) is 21.1. The normalized spacial score (nSPS) is 14.2. The first kappa shape index (κ1) is 22.6. The van der Waals surface area contributed by atoms with E-state index in [1.807, 2.05) is 30.1 Å². The van der Waals surface area contributed by atoms with E-state index in [1.165, 1.54) is 11.1 Å². The quantitative estimate of drug-likeness (QED) is 0.414. The number of nitrogens with zero attached hydrogens (tertiary/aromatic N) is 3. The summed E-state index contributed by atoms with van der Waals surface area (Å²) in [7, 11) is 1.93. The number of rotatable bonds is 6. The number of nitrogens with one attached hydrogen (secondary N) is 1. The maximum absolute atomic E-state index is 13.2. The van der Waals surface area contributed by atoms with E-state index < -0.39 is 5.97 Å². The summed E-state index contributed by atoms with van der Waals surface area (Å²) < 4.78 is 15.1. The van der Waals surface area contributed by atoms with Crippen molar-refractivity contribution in [2.45, 2.75) is 46.7 Å². The summed E-state index contributed by atoms with van der Waals surface area (Å²) in [6.07, 6.45) is 3.72. The number of ether oxygens (including phenoxy) is 2. The van der Waals surface area contributed by atoms with Gasteiger partial charge in [-0.1, -0.05) is 13.8 Å².